The first-order chi connectivity index (χ1) is 8.09. The van der Waals surface area contributed by atoms with E-state index in [2.05, 4.69) is 5.10 Å². The minimum absolute atomic E-state index is 0.306. The summed E-state index contributed by atoms with van der Waals surface area (Å²) in [6, 6.07) is 1.95. The molecule has 17 heavy (non-hydrogen) atoms. The highest BCUT2D eigenvalue weighted by Crippen LogP contribution is 2.15. The molecule has 4 nitrogen and oxygen atoms in total. The van der Waals surface area contributed by atoms with E-state index in [1.807, 2.05) is 37.7 Å². The molecule has 90 valence electrons. The number of aryl methyl sites for hydroxylation is 2. The second-order valence-corrected chi connectivity index (χ2v) is 4.66. The van der Waals surface area contributed by atoms with Crippen LogP contribution in [0.4, 0.5) is 0 Å². The van der Waals surface area contributed by atoms with Crippen molar-refractivity contribution in [2.45, 2.75) is 20.5 Å². The Kier molecular flexibility index (Phi) is 3.28. The summed E-state index contributed by atoms with van der Waals surface area (Å²) in [4.78, 5) is 11.9. The number of hydrogen-bond donors (Lipinski definition) is 0. The van der Waals surface area contributed by atoms with E-state index in [4.69, 9.17) is 4.74 Å². The van der Waals surface area contributed by atoms with Crippen LogP contribution in [0.2, 0.25) is 0 Å². The molecular formula is C12H14N2O2S. The highest BCUT2D eigenvalue weighted by Gasteiger charge is 2.18. The van der Waals surface area contributed by atoms with Gasteiger partial charge in [0, 0.05) is 18.3 Å². The predicted octanol–water partition coefficient (Wildman–Crippen LogP) is 2.46. The van der Waals surface area contributed by atoms with Gasteiger partial charge in [0.1, 0.15) is 12.2 Å². The molecule has 2 aromatic heterocycles. The number of thiophene rings is 1. The van der Waals surface area contributed by atoms with Gasteiger partial charge in [0.05, 0.1) is 5.69 Å². The van der Waals surface area contributed by atoms with Crippen LogP contribution in [0.3, 0.4) is 0 Å². The largest absolute Gasteiger partial charge is 0.457 e. The Morgan fingerprint density at radius 2 is 2.29 bits per heavy atom. The molecule has 0 bridgehead atoms. The lowest BCUT2D eigenvalue weighted by Crippen LogP contribution is -2.07. The maximum Gasteiger partial charge on any atom is 0.342 e. The molecule has 0 aliphatic heterocycles. The van der Waals surface area contributed by atoms with Crippen molar-refractivity contribution in [3.63, 3.8) is 0 Å². The van der Waals surface area contributed by atoms with Gasteiger partial charge in [-0.1, -0.05) is 0 Å². The predicted molar refractivity (Wildman–Crippen MR) is 66.1 cm³/mol. The molecule has 2 rings (SSSR count). The molecule has 0 N–H and O–H groups in total. The molecule has 0 unspecified atom stereocenters. The molecule has 5 heteroatoms. The fourth-order valence-electron chi connectivity index (χ4n) is 1.66. The second-order valence-electron chi connectivity index (χ2n) is 3.88. The van der Waals surface area contributed by atoms with Gasteiger partial charge in [-0.15, -0.1) is 0 Å². The van der Waals surface area contributed by atoms with Crippen LogP contribution in [0, 0.1) is 13.8 Å². The first-order valence-corrected chi connectivity index (χ1v) is 6.22. The Morgan fingerprint density at radius 1 is 1.53 bits per heavy atom. The molecule has 0 saturated carbocycles. The topological polar surface area (TPSA) is 44.1 Å². The van der Waals surface area contributed by atoms with E-state index >= 15 is 0 Å². The summed E-state index contributed by atoms with van der Waals surface area (Å²) in [6.07, 6.45) is 0. The summed E-state index contributed by atoms with van der Waals surface area (Å²) >= 11 is 1.59. The van der Waals surface area contributed by atoms with Gasteiger partial charge in [0.2, 0.25) is 0 Å². The molecule has 0 spiro atoms. The Labute approximate surface area is 104 Å². The van der Waals surface area contributed by atoms with Gasteiger partial charge in [-0.05, 0) is 30.7 Å². The number of ether oxygens (including phenoxy) is 1. The quantitative estimate of drug-likeness (QED) is 0.786. The van der Waals surface area contributed by atoms with E-state index in [0.717, 1.165) is 11.3 Å². The van der Waals surface area contributed by atoms with Gasteiger partial charge in [-0.2, -0.15) is 16.4 Å². The van der Waals surface area contributed by atoms with Crippen LogP contribution < -0.4 is 0 Å². The smallest absolute Gasteiger partial charge is 0.342 e. The summed E-state index contributed by atoms with van der Waals surface area (Å²) in [6.45, 7) is 3.99. The van der Waals surface area contributed by atoms with Crippen LogP contribution in [0.25, 0.3) is 0 Å². The Morgan fingerprint density at radius 3 is 2.82 bits per heavy atom. The van der Waals surface area contributed by atoms with Crippen molar-refractivity contribution in [3.8, 4) is 0 Å². The fourth-order valence-corrected chi connectivity index (χ4v) is 2.32. The molecule has 0 amide bonds. The van der Waals surface area contributed by atoms with Crippen molar-refractivity contribution in [1.82, 2.24) is 9.78 Å². The number of carbonyl (C=O) groups excluding carboxylic acids is 1. The van der Waals surface area contributed by atoms with Crippen molar-refractivity contribution < 1.29 is 9.53 Å². The summed E-state index contributed by atoms with van der Waals surface area (Å²) in [7, 11) is 1.82. The average molecular weight is 250 g/mol. The Hall–Kier alpha value is -1.62. The monoisotopic (exact) mass is 250 g/mol. The SMILES string of the molecule is Cc1nn(C)c(C)c1C(=O)OCc1ccsc1. The maximum absolute atomic E-state index is 11.9. The second kappa shape index (κ2) is 4.71. The minimum Gasteiger partial charge on any atom is -0.457 e. The van der Waals surface area contributed by atoms with E-state index in [1.165, 1.54) is 0 Å². The molecular weight excluding hydrogens is 236 g/mol. The number of aromatic nitrogens is 2. The van der Waals surface area contributed by atoms with E-state index in [9.17, 15) is 4.79 Å². The van der Waals surface area contributed by atoms with Crippen molar-refractivity contribution in [2.75, 3.05) is 0 Å². The molecule has 0 aromatic carbocycles. The van der Waals surface area contributed by atoms with Crippen molar-refractivity contribution in [3.05, 3.63) is 39.3 Å². The number of carbonyl (C=O) groups is 1. The summed E-state index contributed by atoms with van der Waals surface area (Å²) in [5.74, 6) is -0.306. The van der Waals surface area contributed by atoms with Crippen molar-refractivity contribution in [1.29, 1.82) is 0 Å². The van der Waals surface area contributed by atoms with Gasteiger partial charge in [0.25, 0.3) is 0 Å². The number of hydrogen-bond acceptors (Lipinski definition) is 4. The van der Waals surface area contributed by atoms with Gasteiger partial charge in [-0.25, -0.2) is 4.79 Å². The van der Waals surface area contributed by atoms with Crippen LogP contribution in [-0.4, -0.2) is 15.7 Å². The lowest BCUT2D eigenvalue weighted by Gasteiger charge is -2.03. The van der Waals surface area contributed by atoms with Crippen molar-refractivity contribution in [2.24, 2.45) is 7.05 Å². The highest BCUT2D eigenvalue weighted by molar-refractivity contribution is 7.07. The standard InChI is InChI=1S/C12H14N2O2S/c1-8-11(9(2)14(3)13-8)12(15)16-6-10-4-5-17-7-10/h4-5,7H,6H2,1-3H3. The first-order valence-electron chi connectivity index (χ1n) is 5.28. The molecule has 0 saturated heterocycles. The van der Waals surface area contributed by atoms with Crippen molar-refractivity contribution >= 4 is 17.3 Å². The van der Waals surface area contributed by atoms with Crippen LogP contribution in [0.1, 0.15) is 27.3 Å². The number of nitrogens with zero attached hydrogens (tertiary/aromatic N) is 2. The summed E-state index contributed by atoms with van der Waals surface area (Å²) < 4.78 is 6.95. The molecule has 2 heterocycles. The van der Waals surface area contributed by atoms with Gasteiger partial charge < -0.3 is 4.74 Å². The minimum atomic E-state index is -0.306. The van der Waals surface area contributed by atoms with E-state index in [1.54, 1.807) is 16.0 Å². The van der Waals surface area contributed by atoms with E-state index in [-0.39, 0.29) is 5.97 Å². The number of rotatable bonds is 3. The molecule has 0 atom stereocenters. The van der Waals surface area contributed by atoms with Gasteiger partial charge in [-0.3, -0.25) is 4.68 Å². The Balaban J connectivity index is 2.10. The fraction of sp³-hybridized carbons (Fsp3) is 0.333. The lowest BCUT2D eigenvalue weighted by molar-refractivity contribution is 0.0471. The van der Waals surface area contributed by atoms with Gasteiger partial charge in [0.15, 0.2) is 0 Å². The zero-order valence-corrected chi connectivity index (χ0v) is 10.9. The maximum atomic E-state index is 11.9. The van der Waals surface area contributed by atoms with Crippen LogP contribution >= 0.6 is 11.3 Å². The third-order valence-corrected chi connectivity index (χ3v) is 3.40. The third kappa shape index (κ3) is 2.39. The number of esters is 1. The van der Waals surface area contributed by atoms with E-state index < -0.39 is 0 Å². The normalized spacial score (nSPS) is 10.5. The first kappa shape index (κ1) is 11.9. The van der Waals surface area contributed by atoms with Crippen LogP contribution in [-0.2, 0) is 18.4 Å². The van der Waals surface area contributed by atoms with Crippen LogP contribution in [0.15, 0.2) is 16.8 Å². The average Bonchev–Trinajstić information content (AvgIpc) is 2.86. The lowest BCUT2D eigenvalue weighted by atomic mass is 10.2. The Bertz CT molecular complexity index is 529. The zero-order chi connectivity index (χ0) is 12.4. The summed E-state index contributed by atoms with van der Waals surface area (Å²) in [5, 5.41) is 8.13. The molecule has 0 radical (unpaired) electrons. The van der Waals surface area contributed by atoms with Gasteiger partial charge >= 0.3 is 5.97 Å². The van der Waals surface area contributed by atoms with Crippen LogP contribution in [0.5, 0.6) is 0 Å². The highest BCUT2D eigenvalue weighted by atomic mass is 32.1. The van der Waals surface area contributed by atoms with E-state index in [0.29, 0.717) is 17.9 Å². The molecule has 0 aliphatic carbocycles. The molecule has 0 aliphatic rings. The molecule has 0 fully saturated rings. The zero-order valence-electron chi connectivity index (χ0n) is 10.1. The molecule has 2 aromatic rings. The summed E-state index contributed by atoms with van der Waals surface area (Å²) in [5.41, 5.74) is 3.13. The third-order valence-electron chi connectivity index (χ3n) is 2.66.